The third kappa shape index (κ3) is 3.66. The van der Waals surface area contributed by atoms with Crippen molar-refractivity contribution < 1.29 is 12.6 Å². The zero-order chi connectivity index (χ0) is 12.5. The molecule has 0 saturated heterocycles. The Hall–Kier alpha value is -0.640. The van der Waals surface area contributed by atoms with Crippen LogP contribution in [0.3, 0.4) is 0 Å². The van der Waals surface area contributed by atoms with Crippen molar-refractivity contribution in [2.45, 2.75) is 12.8 Å². The van der Waals surface area contributed by atoms with Crippen LogP contribution in [0.1, 0.15) is 11.1 Å². The summed E-state index contributed by atoms with van der Waals surface area (Å²) in [4.78, 5) is 0. The molecule has 0 saturated carbocycles. The molecule has 0 amide bonds. The van der Waals surface area contributed by atoms with E-state index in [1.807, 2.05) is 12.1 Å². The summed E-state index contributed by atoms with van der Waals surface area (Å²) in [6.07, 6.45) is 2.96. The van der Waals surface area contributed by atoms with Gasteiger partial charge < -0.3 is 4.18 Å². The van der Waals surface area contributed by atoms with Gasteiger partial charge in [-0.1, -0.05) is 15.5 Å². The highest BCUT2D eigenvalue weighted by Crippen LogP contribution is 2.23. The summed E-state index contributed by atoms with van der Waals surface area (Å²) < 4.78 is 29.2. The lowest BCUT2D eigenvalue weighted by Crippen LogP contribution is -2.13. The van der Waals surface area contributed by atoms with Gasteiger partial charge in [0.1, 0.15) is 5.75 Å². The summed E-state index contributed by atoms with van der Waals surface area (Å²) in [5, 5.41) is 0. The zero-order valence-electron chi connectivity index (χ0n) is 9.72. The molecule has 1 atom stereocenters. The molecule has 1 aromatic rings. The minimum atomic E-state index is -3.44. The molecule has 0 aromatic heterocycles. The lowest BCUT2D eigenvalue weighted by molar-refractivity contribution is 0.490. The van der Waals surface area contributed by atoms with E-state index < -0.39 is 10.1 Å². The van der Waals surface area contributed by atoms with Crippen LogP contribution in [0.4, 0.5) is 0 Å². The highest BCUT2D eigenvalue weighted by molar-refractivity contribution is 7.86. The Balaban J connectivity index is 2.25. The van der Waals surface area contributed by atoms with Crippen molar-refractivity contribution in [2.24, 2.45) is 0 Å². The molecule has 0 fully saturated rings. The monoisotopic (exact) mass is 273 g/mol. The van der Waals surface area contributed by atoms with Crippen molar-refractivity contribution in [3.63, 3.8) is 0 Å². The van der Waals surface area contributed by atoms with Crippen LogP contribution in [-0.2, 0) is 23.0 Å². The van der Waals surface area contributed by atoms with Gasteiger partial charge in [-0.15, -0.1) is 0 Å². The molecule has 94 valence electrons. The first-order valence-electron chi connectivity index (χ1n) is 5.45. The van der Waals surface area contributed by atoms with E-state index in [4.69, 9.17) is 4.18 Å². The third-order valence-corrected chi connectivity index (χ3v) is 3.77. The van der Waals surface area contributed by atoms with Gasteiger partial charge >= 0.3 is 10.1 Å². The maximum absolute atomic E-state index is 11.1. The van der Waals surface area contributed by atoms with Crippen LogP contribution in [-0.4, -0.2) is 32.4 Å². The van der Waals surface area contributed by atoms with E-state index in [1.165, 1.54) is 11.1 Å². The molecule has 4 nitrogen and oxygen atoms in total. The lowest BCUT2D eigenvalue weighted by Gasteiger charge is -2.10. The van der Waals surface area contributed by atoms with E-state index in [0.29, 0.717) is 5.75 Å². The summed E-state index contributed by atoms with van der Waals surface area (Å²) in [7, 11) is -0.731. The largest absolute Gasteiger partial charge is 0.383 e. The molecular formula is C11H16NO3PS. The second kappa shape index (κ2) is 4.92. The first-order valence-corrected chi connectivity index (χ1v) is 7.78. The van der Waals surface area contributed by atoms with Crippen LogP contribution < -0.4 is 4.18 Å². The Morgan fingerprint density at radius 2 is 1.88 bits per heavy atom. The van der Waals surface area contributed by atoms with E-state index in [1.54, 1.807) is 6.07 Å². The molecule has 0 N–H and O–H groups in total. The summed E-state index contributed by atoms with van der Waals surface area (Å²) in [5.74, 6) is 0.406. The smallest absolute Gasteiger partial charge is 0.306 e. The molecule has 2 rings (SSSR count). The van der Waals surface area contributed by atoms with Gasteiger partial charge in [0.05, 0.1) is 6.26 Å². The van der Waals surface area contributed by atoms with Crippen LogP contribution in [0.25, 0.3) is 0 Å². The van der Waals surface area contributed by atoms with Crippen molar-refractivity contribution in [3.05, 3.63) is 29.3 Å². The Morgan fingerprint density at radius 3 is 2.53 bits per heavy atom. The summed E-state index contributed by atoms with van der Waals surface area (Å²) in [6, 6.07) is 5.51. The summed E-state index contributed by atoms with van der Waals surface area (Å²) in [6.45, 7) is 1.96. The number of hydrogen-bond acceptors (Lipinski definition) is 4. The molecular weight excluding hydrogens is 257 g/mol. The number of hydrogen-bond donors (Lipinski definition) is 0. The number of nitrogens with zero attached hydrogens (tertiary/aromatic N) is 1. The second-order valence-electron chi connectivity index (χ2n) is 4.25. The highest BCUT2D eigenvalue weighted by Gasteiger charge is 2.13. The standard InChI is InChI=1S/C11H16NO3PS/c1-17(13,14)15-11-3-2-9-4-6-12(16)7-5-10(9)8-11/h2-3,8H,4-7,16H2,1H3. The van der Waals surface area contributed by atoms with E-state index in [0.717, 1.165) is 32.2 Å². The van der Waals surface area contributed by atoms with E-state index in [9.17, 15) is 8.42 Å². The first kappa shape index (κ1) is 12.8. The molecule has 0 radical (unpaired) electrons. The van der Waals surface area contributed by atoms with Gasteiger partial charge in [-0.2, -0.15) is 8.42 Å². The molecule has 1 aromatic carbocycles. The van der Waals surface area contributed by atoms with Gasteiger partial charge in [-0.05, 0) is 36.1 Å². The molecule has 0 aliphatic carbocycles. The van der Waals surface area contributed by atoms with E-state index in [-0.39, 0.29) is 0 Å². The van der Waals surface area contributed by atoms with Crippen molar-refractivity contribution in [1.82, 2.24) is 4.67 Å². The number of rotatable bonds is 2. The van der Waals surface area contributed by atoms with Gasteiger partial charge in [0.15, 0.2) is 0 Å². The Bertz CT molecular complexity index is 515. The molecule has 1 heterocycles. The fourth-order valence-electron chi connectivity index (χ4n) is 1.95. The Labute approximate surface area is 104 Å². The van der Waals surface area contributed by atoms with Gasteiger partial charge in [-0.25, -0.2) is 0 Å². The van der Waals surface area contributed by atoms with Gasteiger partial charge in [0, 0.05) is 13.1 Å². The van der Waals surface area contributed by atoms with Gasteiger partial charge in [-0.3, -0.25) is 4.67 Å². The first-order chi connectivity index (χ1) is 7.94. The minimum absolute atomic E-state index is 0.406. The minimum Gasteiger partial charge on any atom is -0.383 e. The number of benzene rings is 1. The average molecular weight is 273 g/mol. The predicted octanol–water partition coefficient (Wildman–Crippen LogP) is 1.22. The fourth-order valence-corrected chi connectivity index (χ4v) is 2.66. The molecule has 1 aliphatic rings. The zero-order valence-corrected chi connectivity index (χ0v) is 11.7. The third-order valence-electron chi connectivity index (χ3n) is 2.76. The average Bonchev–Trinajstić information content (AvgIpc) is 2.39. The lowest BCUT2D eigenvalue weighted by atomic mass is 10.0. The molecule has 6 heteroatoms. The van der Waals surface area contributed by atoms with Crippen LogP contribution >= 0.6 is 9.39 Å². The number of fused-ring (bicyclic) bond motifs is 1. The fraction of sp³-hybridized carbons (Fsp3) is 0.455. The normalized spacial score (nSPS) is 17.3. The van der Waals surface area contributed by atoms with Crippen molar-refractivity contribution in [1.29, 1.82) is 0 Å². The quantitative estimate of drug-likeness (QED) is 0.600. The maximum Gasteiger partial charge on any atom is 0.306 e. The maximum atomic E-state index is 11.1. The van der Waals surface area contributed by atoms with E-state index in [2.05, 4.69) is 14.1 Å². The topological polar surface area (TPSA) is 46.6 Å². The molecule has 1 unspecified atom stereocenters. The van der Waals surface area contributed by atoms with Crippen LogP contribution in [0.2, 0.25) is 0 Å². The van der Waals surface area contributed by atoms with Gasteiger partial charge in [0.25, 0.3) is 0 Å². The van der Waals surface area contributed by atoms with Gasteiger partial charge in [0.2, 0.25) is 0 Å². The summed E-state index contributed by atoms with van der Waals surface area (Å²) >= 11 is 0. The second-order valence-corrected chi connectivity index (χ2v) is 6.56. The predicted molar refractivity (Wildman–Crippen MR) is 70.6 cm³/mol. The molecule has 0 spiro atoms. The van der Waals surface area contributed by atoms with Crippen molar-refractivity contribution >= 4 is 19.5 Å². The Morgan fingerprint density at radius 1 is 1.24 bits per heavy atom. The highest BCUT2D eigenvalue weighted by atomic mass is 32.2. The van der Waals surface area contributed by atoms with Crippen LogP contribution in [0.5, 0.6) is 5.75 Å². The van der Waals surface area contributed by atoms with Crippen molar-refractivity contribution in [2.75, 3.05) is 19.3 Å². The summed E-state index contributed by atoms with van der Waals surface area (Å²) in [5.41, 5.74) is 2.45. The molecule has 1 aliphatic heterocycles. The van der Waals surface area contributed by atoms with E-state index >= 15 is 0 Å². The SMILES string of the molecule is CS(=O)(=O)Oc1ccc2c(c1)CCN(P)CC2. The van der Waals surface area contributed by atoms with Crippen LogP contribution in [0.15, 0.2) is 18.2 Å². The van der Waals surface area contributed by atoms with Crippen molar-refractivity contribution in [3.8, 4) is 5.75 Å². The Kier molecular flexibility index (Phi) is 3.71. The molecule has 17 heavy (non-hydrogen) atoms. The van der Waals surface area contributed by atoms with Crippen LogP contribution in [0, 0.1) is 0 Å². The molecule has 0 bridgehead atoms.